The van der Waals surface area contributed by atoms with Gasteiger partial charge in [0.2, 0.25) is 0 Å². The molecule has 0 spiro atoms. The molecule has 28 heavy (non-hydrogen) atoms. The smallest absolute Gasteiger partial charge is 0.194 e. The average molecular weight is 387 g/mol. The molecule has 0 bridgehead atoms. The minimum Gasteiger partial charge on any atom is -0.493 e. The molecule has 1 aromatic carbocycles. The molecule has 0 amide bonds. The summed E-state index contributed by atoms with van der Waals surface area (Å²) in [6.07, 6.45) is 2.26. The van der Waals surface area contributed by atoms with Crippen molar-refractivity contribution in [2.45, 2.75) is 25.7 Å². The van der Waals surface area contributed by atoms with Crippen LogP contribution in [0.25, 0.3) is 0 Å². The number of rotatable bonds is 5. The standard InChI is InChI=1S/C22H34N4O2/c1-2-23-22(24-15-19-8-14-28-21-6-4-3-5-20(19)21)26-11-9-25(10-12-26)16-18-7-13-27-17-18/h3-6,18-19H,2,7-17H2,1H3,(H,23,24). The number of piperazine rings is 1. The third-order valence-corrected chi connectivity index (χ3v) is 6.09. The molecule has 154 valence electrons. The van der Waals surface area contributed by atoms with E-state index in [9.17, 15) is 0 Å². The Morgan fingerprint density at radius 3 is 2.79 bits per heavy atom. The van der Waals surface area contributed by atoms with Crippen LogP contribution >= 0.6 is 0 Å². The Labute approximate surface area is 168 Å². The van der Waals surface area contributed by atoms with Crippen LogP contribution in [0.5, 0.6) is 5.75 Å². The normalized spacial score (nSPS) is 26.0. The highest BCUT2D eigenvalue weighted by molar-refractivity contribution is 5.80. The first-order valence-corrected chi connectivity index (χ1v) is 10.9. The van der Waals surface area contributed by atoms with Gasteiger partial charge in [-0.1, -0.05) is 18.2 Å². The lowest BCUT2D eigenvalue weighted by Crippen LogP contribution is -2.53. The van der Waals surface area contributed by atoms with Crippen LogP contribution in [0.1, 0.15) is 31.2 Å². The predicted molar refractivity (Wildman–Crippen MR) is 112 cm³/mol. The Morgan fingerprint density at radius 2 is 2.00 bits per heavy atom. The Kier molecular flexibility index (Phi) is 6.70. The molecule has 2 saturated heterocycles. The Morgan fingerprint density at radius 1 is 1.14 bits per heavy atom. The zero-order chi connectivity index (χ0) is 19.2. The summed E-state index contributed by atoms with van der Waals surface area (Å²) in [5.74, 6) is 3.27. The molecule has 0 aromatic heterocycles. The van der Waals surface area contributed by atoms with Crippen LogP contribution in [-0.2, 0) is 4.74 Å². The number of ether oxygens (including phenoxy) is 2. The van der Waals surface area contributed by atoms with Gasteiger partial charge in [0.1, 0.15) is 5.75 Å². The number of benzene rings is 1. The first-order chi connectivity index (χ1) is 13.8. The molecule has 6 nitrogen and oxygen atoms in total. The van der Waals surface area contributed by atoms with Crippen LogP contribution in [0, 0.1) is 5.92 Å². The molecular weight excluding hydrogens is 352 g/mol. The van der Waals surface area contributed by atoms with Crippen molar-refractivity contribution in [1.82, 2.24) is 15.1 Å². The van der Waals surface area contributed by atoms with Crippen molar-refractivity contribution < 1.29 is 9.47 Å². The van der Waals surface area contributed by atoms with E-state index in [1.165, 1.54) is 18.5 Å². The quantitative estimate of drug-likeness (QED) is 0.621. The zero-order valence-corrected chi connectivity index (χ0v) is 17.1. The third-order valence-electron chi connectivity index (χ3n) is 6.09. The lowest BCUT2D eigenvalue weighted by atomic mass is 9.93. The van der Waals surface area contributed by atoms with Crippen molar-refractivity contribution in [2.75, 3.05) is 65.6 Å². The summed E-state index contributed by atoms with van der Waals surface area (Å²) in [4.78, 5) is 10.0. The highest BCUT2D eigenvalue weighted by atomic mass is 16.5. The van der Waals surface area contributed by atoms with E-state index in [0.717, 1.165) is 83.1 Å². The van der Waals surface area contributed by atoms with Crippen LogP contribution < -0.4 is 10.1 Å². The summed E-state index contributed by atoms with van der Waals surface area (Å²) in [7, 11) is 0. The zero-order valence-electron chi connectivity index (χ0n) is 17.1. The number of guanidine groups is 1. The maximum atomic E-state index is 5.80. The number of nitrogens with one attached hydrogen (secondary N) is 1. The topological polar surface area (TPSA) is 49.3 Å². The highest BCUT2D eigenvalue weighted by Crippen LogP contribution is 2.33. The molecule has 3 heterocycles. The van der Waals surface area contributed by atoms with Crippen LogP contribution in [0.15, 0.2) is 29.3 Å². The van der Waals surface area contributed by atoms with Crippen LogP contribution in [0.3, 0.4) is 0 Å². The SMILES string of the molecule is CCNC(=NCC1CCOc2ccccc21)N1CCN(CC2CCOC2)CC1. The molecule has 3 aliphatic heterocycles. The van der Waals surface area contributed by atoms with Gasteiger partial charge in [0, 0.05) is 58.3 Å². The fourth-order valence-electron chi connectivity index (χ4n) is 4.46. The maximum absolute atomic E-state index is 5.80. The lowest BCUT2D eigenvalue weighted by Gasteiger charge is -2.37. The number of nitrogens with zero attached hydrogens (tertiary/aromatic N) is 3. The molecule has 2 fully saturated rings. The van der Waals surface area contributed by atoms with Crippen molar-refractivity contribution in [3.63, 3.8) is 0 Å². The van der Waals surface area contributed by atoms with Gasteiger partial charge in [-0.15, -0.1) is 0 Å². The second-order valence-electron chi connectivity index (χ2n) is 8.08. The summed E-state index contributed by atoms with van der Waals surface area (Å²) >= 11 is 0. The second-order valence-corrected chi connectivity index (χ2v) is 8.08. The fraction of sp³-hybridized carbons (Fsp3) is 0.682. The van der Waals surface area contributed by atoms with Crippen LogP contribution in [0.4, 0.5) is 0 Å². The minimum absolute atomic E-state index is 0.447. The summed E-state index contributed by atoms with van der Waals surface area (Å²) in [5.41, 5.74) is 1.30. The third kappa shape index (κ3) is 4.78. The van der Waals surface area contributed by atoms with Crippen molar-refractivity contribution in [1.29, 1.82) is 0 Å². The van der Waals surface area contributed by atoms with Gasteiger partial charge in [0.05, 0.1) is 13.2 Å². The van der Waals surface area contributed by atoms with Gasteiger partial charge in [0.25, 0.3) is 0 Å². The average Bonchev–Trinajstić information content (AvgIpc) is 3.25. The molecule has 2 unspecified atom stereocenters. The molecule has 4 rings (SSSR count). The van der Waals surface area contributed by atoms with Gasteiger partial charge in [0.15, 0.2) is 5.96 Å². The van der Waals surface area contributed by atoms with E-state index in [0.29, 0.717) is 5.92 Å². The van der Waals surface area contributed by atoms with E-state index in [1.807, 2.05) is 6.07 Å². The molecule has 0 aliphatic carbocycles. The van der Waals surface area contributed by atoms with Gasteiger partial charge in [-0.25, -0.2) is 0 Å². The van der Waals surface area contributed by atoms with Gasteiger partial charge >= 0.3 is 0 Å². The molecule has 6 heteroatoms. The first kappa shape index (κ1) is 19.5. The lowest BCUT2D eigenvalue weighted by molar-refractivity contribution is 0.139. The summed E-state index contributed by atoms with van der Waals surface area (Å²) in [6.45, 7) is 12.0. The van der Waals surface area contributed by atoms with E-state index < -0.39 is 0 Å². The monoisotopic (exact) mass is 386 g/mol. The number of para-hydroxylation sites is 1. The first-order valence-electron chi connectivity index (χ1n) is 10.9. The number of hydrogen-bond donors (Lipinski definition) is 1. The second kappa shape index (κ2) is 9.61. The van der Waals surface area contributed by atoms with Crippen LogP contribution in [-0.4, -0.2) is 81.4 Å². The molecular formula is C22H34N4O2. The largest absolute Gasteiger partial charge is 0.493 e. The van der Waals surface area contributed by atoms with E-state index in [-0.39, 0.29) is 0 Å². The Hall–Kier alpha value is -1.79. The molecule has 3 aliphatic rings. The van der Waals surface area contributed by atoms with Gasteiger partial charge in [-0.3, -0.25) is 9.89 Å². The minimum atomic E-state index is 0.447. The predicted octanol–water partition coefficient (Wildman–Crippen LogP) is 2.17. The number of aliphatic imine (C=N–C) groups is 1. The number of fused-ring (bicyclic) bond motifs is 1. The maximum Gasteiger partial charge on any atom is 0.194 e. The Balaban J connectivity index is 1.34. The Bertz CT molecular complexity index is 652. The van der Waals surface area contributed by atoms with E-state index in [2.05, 4.69) is 40.2 Å². The van der Waals surface area contributed by atoms with Crippen molar-refractivity contribution in [3.8, 4) is 5.75 Å². The van der Waals surface area contributed by atoms with Gasteiger partial charge < -0.3 is 19.7 Å². The van der Waals surface area contributed by atoms with E-state index in [4.69, 9.17) is 14.5 Å². The summed E-state index contributed by atoms with van der Waals surface area (Å²) in [5, 5.41) is 3.51. The van der Waals surface area contributed by atoms with E-state index >= 15 is 0 Å². The molecule has 1 N–H and O–H groups in total. The van der Waals surface area contributed by atoms with Crippen molar-refractivity contribution >= 4 is 5.96 Å². The fourth-order valence-corrected chi connectivity index (χ4v) is 4.46. The van der Waals surface area contributed by atoms with Gasteiger partial charge in [-0.2, -0.15) is 0 Å². The van der Waals surface area contributed by atoms with Gasteiger partial charge in [-0.05, 0) is 37.3 Å². The molecule has 0 saturated carbocycles. The van der Waals surface area contributed by atoms with Crippen LogP contribution in [0.2, 0.25) is 0 Å². The highest BCUT2D eigenvalue weighted by Gasteiger charge is 2.25. The van der Waals surface area contributed by atoms with E-state index in [1.54, 1.807) is 0 Å². The summed E-state index contributed by atoms with van der Waals surface area (Å²) in [6, 6.07) is 8.41. The van der Waals surface area contributed by atoms with Crippen molar-refractivity contribution in [3.05, 3.63) is 29.8 Å². The number of hydrogen-bond acceptors (Lipinski definition) is 4. The molecule has 1 aromatic rings. The van der Waals surface area contributed by atoms with Crippen molar-refractivity contribution in [2.24, 2.45) is 10.9 Å². The molecule has 0 radical (unpaired) electrons. The summed E-state index contributed by atoms with van der Waals surface area (Å²) < 4.78 is 11.3. The molecule has 2 atom stereocenters.